The number of aromatic nitrogens is 2. The van der Waals surface area contributed by atoms with Crippen LogP contribution >= 0.6 is 0 Å². The quantitative estimate of drug-likeness (QED) is 0.412. The molecule has 0 aliphatic rings. The summed E-state index contributed by atoms with van der Waals surface area (Å²) in [4.78, 5) is 10.6. The van der Waals surface area contributed by atoms with Crippen molar-refractivity contribution in [1.29, 1.82) is 0 Å². The molecule has 0 radical (unpaired) electrons. The average molecular weight is 282 g/mol. The lowest BCUT2D eigenvalue weighted by Gasteiger charge is -2.00. The highest BCUT2D eigenvalue weighted by molar-refractivity contribution is 5.77. The maximum atomic E-state index is 10.9. The molecule has 21 heavy (non-hydrogen) atoms. The van der Waals surface area contributed by atoms with Crippen LogP contribution in [0.5, 0.6) is 0 Å². The van der Waals surface area contributed by atoms with Gasteiger partial charge in [0.25, 0.3) is 11.5 Å². The van der Waals surface area contributed by atoms with Gasteiger partial charge in [-0.2, -0.15) is 4.57 Å². The molecular weight excluding hydrogens is 266 g/mol. The van der Waals surface area contributed by atoms with Crippen molar-refractivity contribution >= 4 is 16.7 Å². The molecule has 5 heteroatoms. The van der Waals surface area contributed by atoms with Gasteiger partial charge in [0.1, 0.15) is 5.69 Å². The molecule has 0 N–H and O–H groups in total. The molecule has 0 fully saturated rings. The summed E-state index contributed by atoms with van der Waals surface area (Å²) in [6.07, 6.45) is 0. The van der Waals surface area contributed by atoms with Gasteiger partial charge in [-0.25, -0.2) is 4.57 Å². The molecule has 0 saturated heterocycles. The number of nitrogens with zero attached hydrogens (tertiary/aromatic N) is 3. The first-order valence-electron chi connectivity index (χ1n) is 6.71. The number of hydrogen-bond acceptors (Lipinski definition) is 2. The number of imidazole rings is 1. The zero-order chi connectivity index (χ0) is 15.1. The fraction of sp³-hybridized carbons (Fsp3) is 0.188. The summed E-state index contributed by atoms with van der Waals surface area (Å²) in [5.41, 5.74) is 4.18. The molecule has 0 amide bonds. The number of benzene rings is 2. The summed E-state index contributed by atoms with van der Waals surface area (Å²) < 4.78 is 4.08. The number of non-ortho nitro benzene ring substituents is 1. The highest BCUT2D eigenvalue weighted by atomic mass is 16.6. The summed E-state index contributed by atoms with van der Waals surface area (Å²) in [6, 6.07) is 13.2. The maximum Gasteiger partial charge on any atom is 0.273 e. The molecule has 2 aromatic carbocycles. The van der Waals surface area contributed by atoms with Crippen molar-refractivity contribution in [3.8, 4) is 5.69 Å². The second-order valence-corrected chi connectivity index (χ2v) is 5.21. The molecule has 0 spiro atoms. The van der Waals surface area contributed by atoms with Crippen molar-refractivity contribution in [1.82, 2.24) is 4.57 Å². The summed E-state index contributed by atoms with van der Waals surface area (Å²) in [5.74, 6) is 1.02. The van der Waals surface area contributed by atoms with Crippen molar-refractivity contribution in [3.63, 3.8) is 0 Å². The van der Waals surface area contributed by atoms with Crippen LogP contribution < -0.4 is 4.57 Å². The van der Waals surface area contributed by atoms with Crippen LogP contribution in [0.25, 0.3) is 16.7 Å². The second kappa shape index (κ2) is 4.70. The van der Waals surface area contributed by atoms with Crippen molar-refractivity contribution < 1.29 is 9.49 Å². The van der Waals surface area contributed by atoms with Crippen LogP contribution in [-0.2, 0) is 7.05 Å². The molecule has 0 bridgehead atoms. The van der Waals surface area contributed by atoms with E-state index in [0.717, 1.165) is 22.5 Å². The molecule has 1 heterocycles. The molecule has 0 atom stereocenters. The average Bonchev–Trinajstić information content (AvgIpc) is 2.72. The summed E-state index contributed by atoms with van der Waals surface area (Å²) >= 11 is 0. The topological polar surface area (TPSA) is 52.0 Å². The van der Waals surface area contributed by atoms with Gasteiger partial charge in [0.2, 0.25) is 0 Å². The molecule has 0 saturated carbocycles. The molecule has 0 unspecified atom stereocenters. The van der Waals surface area contributed by atoms with E-state index in [2.05, 4.69) is 28.8 Å². The minimum atomic E-state index is -0.363. The molecule has 3 rings (SSSR count). The Morgan fingerprint density at radius 2 is 1.76 bits per heavy atom. The highest BCUT2D eigenvalue weighted by Crippen LogP contribution is 2.23. The fourth-order valence-electron chi connectivity index (χ4n) is 2.60. The number of hydrogen-bond donors (Lipinski definition) is 0. The van der Waals surface area contributed by atoms with Crippen molar-refractivity contribution in [3.05, 3.63) is 64.0 Å². The Hall–Kier alpha value is -2.69. The molecule has 3 aromatic rings. The van der Waals surface area contributed by atoms with Crippen LogP contribution in [0.1, 0.15) is 11.4 Å². The van der Waals surface area contributed by atoms with Crippen LogP contribution in [-0.4, -0.2) is 9.49 Å². The van der Waals surface area contributed by atoms with E-state index in [0.29, 0.717) is 0 Å². The summed E-state index contributed by atoms with van der Waals surface area (Å²) in [5, 5.41) is 10.9. The minimum Gasteiger partial charge on any atom is -0.258 e. The molecule has 1 aromatic heterocycles. The van der Waals surface area contributed by atoms with Gasteiger partial charge in [-0.15, -0.1) is 0 Å². The monoisotopic (exact) mass is 282 g/mol. The molecule has 0 aliphatic heterocycles. The van der Waals surface area contributed by atoms with Gasteiger partial charge in [0.05, 0.1) is 18.0 Å². The minimum absolute atomic E-state index is 0.110. The third-order valence-electron chi connectivity index (χ3n) is 3.87. The van der Waals surface area contributed by atoms with Crippen molar-refractivity contribution in [2.75, 3.05) is 0 Å². The highest BCUT2D eigenvalue weighted by Gasteiger charge is 2.23. The lowest BCUT2D eigenvalue weighted by molar-refractivity contribution is -0.652. The number of nitro benzene ring substituents is 1. The Morgan fingerprint density at radius 1 is 1.10 bits per heavy atom. The zero-order valence-electron chi connectivity index (χ0n) is 12.2. The van der Waals surface area contributed by atoms with E-state index in [9.17, 15) is 10.1 Å². The summed E-state index contributed by atoms with van der Waals surface area (Å²) in [7, 11) is 1.92. The second-order valence-electron chi connectivity index (χ2n) is 5.21. The van der Waals surface area contributed by atoms with E-state index in [4.69, 9.17) is 0 Å². The van der Waals surface area contributed by atoms with Gasteiger partial charge in [0.15, 0.2) is 11.0 Å². The lowest BCUT2D eigenvalue weighted by Crippen LogP contribution is -2.30. The van der Waals surface area contributed by atoms with Gasteiger partial charge in [-0.1, -0.05) is 17.7 Å². The first kappa shape index (κ1) is 13.3. The Morgan fingerprint density at radius 3 is 2.38 bits per heavy atom. The number of nitro groups is 1. The van der Waals surface area contributed by atoms with Crippen LogP contribution in [0, 0.1) is 24.0 Å². The van der Waals surface area contributed by atoms with Gasteiger partial charge in [0, 0.05) is 13.0 Å². The normalized spacial score (nSPS) is 11.0. The standard InChI is InChI=1S/C16H16N3O2/c1-11-4-6-13(7-5-11)18-12(2)17(3)16-10-14(19(20)21)8-9-15(16)18/h4-10H,1-3H3/q+1. The van der Waals surface area contributed by atoms with Gasteiger partial charge in [-0.05, 0) is 25.1 Å². The van der Waals surface area contributed by atoms with Crippen LogP contribution in [0.3, 0.4) is 0 Å². The Labute approximate surface area is 122 Å². The molecular formula is C16H16N3O2+. The fourth-order valence-corrected chi connectivity index (χ4v) is 2.60. The van der Waals surface area contributed by atoms with Crippen molar-refractivity contribution in [2.24, 2.45) is 7.05 Å². The first-order chi connectivity index (χ1) is 9.99. The predicted octanol–water partition coefficient (Wildman–Crippen LogP) is 2.98. The SMILES string of the molecule is Cc1ccc(-n2c(C)[n+](C)c3cc([N+](=O)[O-])ccc32)cc1. The largest absolute Gasteiger partial charge is 0.273 e. The first-order valence-corrected chi connectivity index (χ1v) is 6.71. The molecule has 5 nitrogen and oxygen atoms in total. The van der Waals surface area contributed by atoms with E-state index in [1.165, 1.54) is 5.56 Å². The predicted molar refractivity (Wildman–Crippen MR) is 80.6 cm³/mol. The number of aryl methyl sites for hydroxylation is 2. The maximum absolute atomic E-state index is 10.9. The molecule has 106 valence electrons. The van der Waals surface area contributed by atoms with E-state index in [1.807, 2.05) is 25.5 Å². The van der Waals surface area contributed by atoms with E-state index < -0.39 is 0 Å². The third-order valence-corrected chi connectivity index (χ3v) is 3.87. The van der Waals surface area contributed by atoms with Crippen LogP contribution in [0.4, 0.5) is 5.69 Å². The summed E-state index contributed by atoms with van der Waals surface area (Å²) in [6.45, 7) is 4.06. The van der Waals surface area contributed by atoms with Gasteiger partial charge in [-0.3, -0.25) is 10.1 Å². The Bertz CT molecular complexity index is 848. The van der Waals surface area contributed by atoms with E-state index in [1.54, 1.807) is 18.2 Å². The molecule has 0 aliphatic carbocycles. The zero-order valence-corrected chi connectivity index (χ0v) is 12.2. The van der Waals surface area contributed by atoms with Gasteiger partial charge >= 0.3 is 0 Å². The van der Waals surface area contributed by atoms with Crippen molar-refractivity contribution in [2.45, 2.75) is 13.8 Å². The lowest BCUT2D eigenvalue weighted by atomic mass is 10.2. The third kappa shape index (κ3) is 2.07. The Kier molecular flexibility index (Phi) is 2.97. The van der Waals surface area contributed by atoms with Crippen LogP contribution in [0.2, 0.25) is 0 Å². The van der Waals surface area contributed by atoms with E-state index >= 15 is 0 Å². The van der Waals surface area contributed by atoms with Crippen LogP contribution in [0.15, 0.2) is 42.5 Å². The Balaban J connectivity index is 2.31. The number of fused-ring (bicyclic) bond motifs is 1. The van der Waals surface area contributed by atoms with E-state index in [-0.39, 0.29) is 10.6 Å². The smallest absolute Gasteiger partial charge is 0.258 e. The van der Waals surface area contributed by atoms with Gasteiger partial charge < -0.3 is 0 Å². The number of rotatable bonds is 2.